The molecule has 5 N–H and O–H groups in total. The van der Waals surface area contributed by atoms with E-state index in [0.717, 1.165) is 25.1 Å². The van der Waals surface area contributed by atoms with Crippen molar-refractivity contribution in [3.63, 3.8) is 0 Å². The number of aromatic hydroxyl groups is 3. The highest BCUT2D eigenvalue weighted by atomic mass is 16.7. The average molecular weight is 555 g/mol. The summed E-state index contributed by atoms with van der Waals surface area (Å²) in [4.78, 5) is 37.8. The van der Waals surface area contributed by atoms with Crippen molar-refractivity contribution in [3.05, 3.63) is 83.4 Å². The molecule has 3 aromatic carbocycles. The highest BCUT2D eigenvalue weighted by molar-refractivity contribution is 6.12. The minimum Gasteiger partial charge on any atom is -0.508 e. The highest BCUT2D eigenvalue weighted by Crippen LogP contribution is 2.37. The number of carbonyl (C=O) groups excluding carboxylic acids is 3. The Morgan fingerprint density at radius 3 is 2.20 bits per heavy atom. The number of carbonyl (C=O) groups is 3. The number of aliphatic hydroxyl groups is 2. The van der Waals surface area contributed by atoms with E-state index in [0.29, 0.717) is 0 Å². The van der Waals surface area contributed by atoms with Gasteiger partial charge in [0.05, 0.1) is 12.2 Å². The van der Waals surface area contributed by atoms with E-state index in [-0.39, 0.29) is 16.9 Å². The molecule has 3 aromatic rings. The summed E-state index contributed by atoms with van der Waals surface area (Å²) in [7, 11) is 0. The van der Waals surface area contributed by atoms with Gasteiger partial charge in [-0.2, -0.15) is 0 Å². The molecule has 12 heteroatoms. The molecule has 0 unspecified atom stereocenters. The Balaban J connectivity index is 1.67. The van der Waals surface area contributed by atoms with E-state index in [1.165, 1.54) is 30.3 Å². The topological polar surface area (TPSA) is 189 Å². The molecule has 1 heterocycles. The quantitative estimate of drug-likeness (QED) is 0.200. The van der Waals surface area contributed by atoms with Gasteiger partial charge in [-0.3, -0.25) is 9.59 Å². The number of ketones is 1. The van der Waals surface area contributed by atoms with Gasteiger partial charge in [-0.15, -0.1) is 0 Å². The Bertz CT molecular complexity index is 1390. The van der Waals surface area contributed by atoms with Crippen LogP contribution in [-0.4, -0.2) is 80.6 Å². The Hall–Kier alpha value is -4.65. The van der Waals surface area contributed by atoms with Crippen molar-refractivity contribution in [1.29, 1.82) is 0 Å². The van der Waals surface area contributed by atoms with Crippen molar-refractivity contribution in [2.24, 2.45) is 0 Å². The van der Waals surface area contributed by atoms with Gasteiger partial charge in [0, 0.05) is 24.6 Å². The summed E-state index contributed by atoms with van der Waals surface area (Å²) < 4.78 is 22.1. The molecule has 1 aliphatic heterocycles. The maximum atomic E-state index is 13.2. The molecule has 1 saturated heterocycles. The van der Waals surface area contributed by atoms with Crippen LogP contribution in [0.3, 0.4) is 0 Å². The molecule has 40 heavy (non-hydrogen) atoms. The lowest BCUT2D eigenvalue weighted by Gasteiger charge is -2.42. The van der Waals surface area contributed by atoms with Gasteiger partial charge >= 0.3 is 11.9 Å². The number of benzene rings is 3. The number of hydrogen-bond acceptors (Lipinski definition) is 12. The molecule has 1 aliphatic rings. The van der Waals surface area contributed by atoms with Crippen molar-refractivity contribution in [2.75, 3.05) is 6.61 Å². The summed E-state index contributed by atoms with van der Waals surface area (Å²) in [6.07, 6.45) is -8.02. The monoisotopic (exact) mass is 554 g/mol. The van der Waals surface area contributed by atoms with Crippen molar-refractivity contribution in [1.82, 2.24) is 0 Å². The van der Waals surface area contributed by atoms with Crippen LogP contribution < -0.4 is 4.74 Å². The van der Waals surface area contributed by atoms with Gasteiger partial charge < -0.3 is 44.5 Å². The molecule has 0 amide bonds. The zero-order chi connectivity index (χ0) is 29.0. The predicted octanol–water partition coefficient (Wildman–Crippen LogP) is 1.65. The summed E-state index contributed by atoms with van der Waals surface area (Å²) in [6.45, 7) is 0.278. The Morgan fingerprint density at radius 1 is 0.850 bits per heavy atom. The van der Waals surface area contributed by atoms with Crippen LogP contribution >= 0.6 is 0 Å². The summed E-state index contributed by atoms with van der Waals surface area (Å²) in [5.74, 6) is -4.36. The van der Waals surface area contributed by atoms with Gasteiger partial charge in [0.25, 0.3) is 0 Å². The van der Waals surface area contributed by atoms with Crippen LogP contribution in [0.25, 0.3) is 0 Å². The minimum atomic E-state index is -1.77. The predicted molar refractivity (Wildman–Crippen MR) is 135 cm³/mol. The molecule has 0 radical (unpaired) electrons. The number of rotatable bonds is 8. The molecule has 4 rings (SSSR count). The van der Waals surface area contributed by atoms with E-state index in [2.05, 4.69) is 0 Å². The lowest BCUT2D eigenvalue weighted by atomic mass is 9.98. The molecule has 210 valence electrons. The fraction of sp³-hybridized carbons (Fsp3) is 0.250. The number of ether oxygens (including phenoxy) is 4. The van der Waals surface area contributed by atoms with E-state index in [1.807, 2.05) is 0 Å². The van der Waals surface area contributed by atoms with Crippen molar-refractivity contribution < 1.29 is 58.9 Å². The van der Waals surface area contributed by atoms with Crippen LogP contribution in [0, 0.1) is 0 Å². The van der Waals surface area contributed by atoms with Crippen LogP contribution in [0.1, 0.15) is 33.2 Å². The first-order chi connectivity index (χ1) is 19.1. The molecular weight excluding hydrogens is 528 g/mol. The standard InChI is InChI=1S/C28H26O12/c1-14(30)37-26-24(35)25(40-27(36)15-6-3-2-4-7-15)21(13-29)39-28(26)38-20-12-18(32)11-19(33)22(20)23(34)16-8-5-9-17(31)10-16/h2-12,21,24-26,28-29,31-33,35H,13H2,1H3/t21-,24+,25-,26-,28-/m1/s1. The molecule has 0 aromatic heterocycles. The van der Waals surface area contributed by atoms with E-state index in [1.54, 1.807) is 18.2 Å². The Labute approximate surface area is 227 Å². The summed E-state index contributed by atoms with van der Waals surface area (Å²) >= 11 is 0. The SMILES string of the molecule is CC(=O)O[C@H]1[C@H](Oc2cc(O)cc(O)c2C(=O)c2cccc(O)c2)O[C@H](CO)[C@@H](OC(=O)c2ccccc2)[C@@H]1O. The lowest BCUT2D eigenvalue weighted by Crippen LogP contribution is -2.62. The molecule has 0 spiro atoms. The first kappa shape index (κ1) is 28.4. The van der Waals surface area contributed by atoms with E-state index < -0.39 is 77.8 Å². The molecule has 0 bridgehead atoms. The first-order valence-electron chi connectivity index (χ1n) is 12.0. The van der Waals surface area contributed by atoms with Crippen molar-refractivity contribution >= 4 is 17.7 Å². The maximum Gasteiger partial charge on any atom is 0.338 e. The largest absolute Gasteiger partial charge is 0.508 e. The number of phenols is 3. The normalized spacial score (nSPS) is 22.2. The summed E-state index contributed by atoms with van der Waals surface area (Å²) in [6, 6.07) is 14.9. The fourth-order valence-corrected chi connectivity index (χ4v) is 4.19. The second-order valence-corrected chi connectivity index (χ2v) is 8.86. The summed E-state index contributed by atoms with van der Waals surface area (Å²) in [5, 5.41) is 51.5. The zero-order valence-corrected chi connectivity index (χ0v) is 21.0. The highest BCUT2D eigenvalue weighted by Gasteiger charge is 2.50. The van der Waals surface area contributed by atoms with Crippen LogP contribution in [0.5, 0.6) is 23.0 Å². The van der Waals surface area contributed by atoms with E-state index in [9.17, 15) is 39.9 Å². The first-order valence-corrected chi connectivity index (χ1v) is 12.0. The third-order valence-electron chi connectivity index (χ3n) is 6.00. The fourth-order valence-electron chi connectivity index (χ4n) is 4.19. The third kappa shape index (κ3) is 6.15. The van der Waals surface area contributed by atoms with Gasteiger partial charge in [-0.25, -0.2) is 4.79 Å². The van der Waals surface area contributed by atoms with Crippen LogP contribution in [0.4, 0.5) is 0 Å². The molecule has 12 nitrogen and oxygen atoms in total. The van der Waals surface area contributed by atoms with E-state index in [4.69, 9.17) is 18.9 Å². The molecule has 0 saturated carbocycles. The molecule has 1 fully saturated rings. The maximum absolute atomic E-state index is 13.2. The average Bonchev–Trinajstić information content (AvgIpc) is 2.91. The third-order valence-corrected chi connectivity index (χ3v) is 6.00. The van der Waals surface area contributed by atoms with Crippen LogP contribution in [0.2, 0.25) is 0 Å². The minimum absolute atomic E-state index is 0.0342. The molecule has 0 aliphatic carbocycles. The van der Waals surface area contributed by atoms with Crippen molar-refractivity contribution in [3.8, 4) is 23.0 Å². The second kappa shape index (κ2) is 12.0. The zero-order valence-electron chi connectivity index (χ0n) is 21.0. The van der Waals surface area contributed by atoms with Crippen LogP contribution in [-0.2, 0) is 19.0 Å². The van der Waals surface area contributed by atoms with Gasteiger partial charge in [0.1, 0.15) is 40.8 Å². The number of phenolic OH excluding ortho intramolecular Hbond substituents is 3. The van der Waals surface area contributed by atoms with Gasteiger partial charge in [0.15, 0.2) is 12.2 Å². The van der Waals surface area contributed by atoms with Gasteiger partial charge in [-0.1, -0.05) is 30.3 Å². The van der Waals surface area contributed by atoms with E-state index >= 15 is 0 Å². The summed E-state index contributed by atoms with van der Waals surface area (Å²) in [5.41, 5.74) is -0.325. The Kier molecular flexibility index (Phi) is 8.53. The number of esters is 2. The second-order valence-electron chi connectivity index (χ2n) is 8.86. The van der Waals surface area contributed by atoms with Gasteiger partial charge in [0.2, 0.25) is 12.1 Å². The molecule has 5 atom stereocenters. The number of hydrogen-bond donors (Lipinski definition) is 5. The lowest BCUT2D eigenvalue weighted by molar-refractivity contribution is -0.281. The van der Waals surface area contributed by atoms with Gasteiger partial charge in [-0.05, 0) is 24.3 Å². The van der Waals surface area contributed by atoms with Crippen LogP contribution in [0.15, 0.2) is 66.7 Å². The Morgan fingerprint density at radius 2 is 1.55 bits per heavy atom. The number of aliphatic hydroxyl groups excluding tert-OH is 2. The van der Waals surface area contributed by atoms with Crippen molar-refractivity contribution in [2.45, 2.75) is 37.6 Å². The molecular formula is C28H26O12. The smallest absolute Gasteiger partial charge is 0.338 e.